The summed E-state index contributed by atoms with van der Waals surface area (Å²) in [6.45, 7) is 2.55. The first-order chi connectivity index (χ1) is 10.1. The molecule has 3 N–H and O–H groups in total. The Balaban J connectivity index is 1.50. The van der Waals surface area contributed by atoms with Crippen LogP contribution in [0.2, 0.25) is 0 Å². The number of hydrogen-bond acceptors (Lipinski definition) is 5. The zero-order chi connectivity index (χ0) is 14.9. The number of nitrogens with zero attached hydrogens (tertiary/aromatic N) is 1. The third-order valence-electron chi connectivity index (χ3n) is 4.37. The molecule has 3 aliphatic rings. The van der Waals surface area contributed by atoms with E-state index >= 15 is 0 Å². The smallest absolute Gasteiger partial charge is 0.322 e. The maximum Gasteiger partial charge on any atom is 0.322 e. The summed E-state index contributed by atoms with van der Waals surface area (Å²) in [5.74, 6) is -0.471. The molecule has 3 saturated heterocycles. The lowest BCUT2D eigenvalue weighted by Crippen LogP contribution is -2.50. The lowest BCUT2D eigenvalue weighted by Gasteiger charge is -2.25. The van der Waals surface area contributed by atoms with Gasteiger partial charge in [0.05, 0.1) is 12.6 Å². The van der Waals surface area contributed by atoms with Gasteiger partial charge >= 0.3 is 6.03 Å². The predicted octanol–water partition coefficient (Wildman–Crippen LogP) is -1.43. The second kappa shape index (κ2) is 5.61. The fraction of sp³-hybridized carbons (Fsp3) is 0.769. The molecule has 8 heteroatoms. The van der Waals surface area contributed by atoms with Gasteiger partial charge in [0.2, 0.25) is 5.91 Å². The normalized spacial score (nSPS) is 29.8. The number of amides is 4. The largest absolute Gasteiger partial charge is 0.368 e. The van der Waals surface area contributed by atoms with Crippen LogP contribution in [-0.4, -0.2) is 67.2 Å². The number of ether oxygens (including phenoxy) is 1. The molecule has 21 heavy (non-hydrogen) atoms. The minimum absolute atomic E-state index is 0.0380. The maximum absolute atomic E-state index is 12.2. The molecule has 3 fully saturated rings. The van der Waals surface area contributed by atoms with E-state index in [9.17, 15) is 14.4 Å². The van der Waals surface area contributed by atoms with Crippen molar-refractivity contribution in [2.24, 2.45) is 0 Å². The minimum atomic E-state index is -0.943. The van der Waals surface area contributed by atoms with Gasteiger partial charge in [-0.05, 0) is 32.4 Å². The van der Waals surface area contributed by atoms with Crippen LogP contribution in [0.1, 0.15) is 19.3 Å². The Labute approximate surface area is 122 Å². The molecule has 3 aliphatic heterocycles. The summed E-state index contributed by atoms with van der Waals surface area (Å²) in [7, 11) is 0. The molecule has 0 bridgehead atoms. The average molecular weight is 296 g/mol. The van der Waals surface area contributed by atoms with E-state index < -0.39 is 11.6 Å². The van der Waals surface area contributed by atoms with Gasteiger partial charge in [-0.25, -0.2) is 4.79 Å². The molecule has 3 rings (SSSR count). The van der Waals surface area contributed by atoms with Crippen molar-refractivity contribution in [3.8, 4) is 0 Å². The van der Waals surface area contributed by atoms with E-state index in [0.29, 0.717) is 13.0 Å². The molecular formula is C13H20N4O4. The summed E-state index contributed by atoms with van der Waals surface area (Å²) >= 11 is 0. The Bertz CT molecular complexity index is 463. The quantitative estimate of drug-likeness (QED) is 0.554. The van der Waals surface area contributed by atoms with Crippen molar-refractivity contribution < 1.29 is 19.1 Å². The van der Waals surface area contributed by atoms with Gasteiger partial charge < -0.3 is 20.3 Å². The highest BCUT2D eigenvalue weighted by Crippen LogP contribution is 2.24. The highest BCUT2D eigenvalue weighted by atomic mass is 16.5. The van der Waals surface area contributed by atoms with Gasteiger partial charge in [-0.3, -0.25) is 14.9 Å². The fourth-order valence-corrected chi connectivity index (χ4v) is 3.08. The highest BCUT2D eigenvalue weighted by Gasteiger charge is 2.51. The van der Waals surface area contributed by atoms with Crippen LogP contribution in [-0.2, 0) is 14.3 Å². The van der Waals surface area contributed by atoms with Crippen molar-refractivity contribution in [2.75, 3.05) is 32.8 Å². The van der Waals surface area contributed by atoms with Crippen LogP contribution in [0.4, 0.5) is 4.79 Å². The molecule has 0 aromatic heterocycles. The van der Waals surface area contributed by atoms with E-state index in [2.05, 4.69) is 16.0 Å². The number of urea groups is 1. The molecule has 0 aromatic carbocycles. The Kier molecular flexibility index (Phi) is 3.81. The second-order valence-electron chi connectivity index (χ2n) is 5.82. The molecular weight excluding hydrogens is 276 g/mol. The average Bonchev–Trinajstić information content (AvgIpc) is 3.02. The van der Waals surface area contributed by atoms with Crippen molar-refractivity contribution in [1.29, 1.82) is 0 Å². The molecule has 116 valence electrons. The lowest BCUT2D eigenvalue weighted by molar-refractivity contribution is -0.138. The molecule has 0 aliphatic carbocycles. The number of hydrogen-bond donors (Lipinski definition) is 3. The molecule has 1 spiro atoms. The SMILES string of the molecule is O=C1NC(=O)C2(CCN(C(=O)COC3CCNCC3)C2)N1. The maximum atomic E-state index is 12.2. The summed E-state index contributed by atoms with van der Waals surface area (Å²) in [4.78, 5) is 36.8. The number of likely N-dealkylation sites (tertiary alicyclic amines) is 1. The molecule has 0 saturated carbocycles. The number of carbonyl (C=O) groups is 3. The third kappa shape index (κ3) is 2.86. The Morgan fingerprint density at radius 2 is 2.10 bits per heavy atom. The topological polar surface area (TPSA) is 99.8 Å². The van der Waals surface area contributed by atoms with Crippen molar-refractivity contribution in [3.05, 3.63) is 0 Å². The van der Waals surface area contributed by atoms with Gasteiger partial charge in [-0.2, -0.15) is 0 Å². The summed E-state index contributed by atoms with van der Waals surface area (Å²) in [6, 6.07) is -0.486. The van der Waals surface area contributed by atoms with Crippen LogP contribution in [0, 0.1) is 0 Å². The molecule has 1 unspecified atom stereocenters. The first-order valence-electron chi connectivity index (χ1n) is 7.33. The van der Waals surface area contributed by atoms with E-state index in [1.165, 1.54) is 0 Å². The lowest BCUT2D eigenvalue weighted by atomic mass is 10.00. The molecule has 8 nitrogen and oxygen atoms in total. The predicted molar refractivity (Wildman–Crippen MR) is 72.4 cm³/mol. The van der Waals surface area contributed by atoms with Gasteiger partial charge in [-0.15, -0.1) is 0 Å². The van der Waals surface area contributed by atoms with Crippen molar-refractivity contribution in [2.45, 2.75) is 30.9 Å². The van der Waals surface area contributed by atoms with Crippen LogP contribution in [0.15, 0.2) is 0 Å². The van der Waals surface area contributed by atoms with E-state index in [0.717, 1.165) is 25.9 Å². The molecule has 0 aromatic rings. The van der Waals surface area contributed by atoms with E-state index in [4.69, 9.17) is 4.74 Å². The fourth-order valence-electron chi connectivity index (χ4n) is 3.08. The zero-order valence-corrected chi connectivity index (χ0v) is 11.8. The summed E-state index contributed by atoms with van der Waals surface area (Å²) in [6.07, 6.45) is 2.40. The van der Waals surface area contributed by atoms with Gasteiger partial charge in [0.1, 0.15) is 12.1 Å². The van der Waals surface area contributed by atoms with Crippen molar-refractivity contribution >= 4 is 17.8 Å². The van der Waals surface area contributed by atoms with Crippen LogP contribution in [0.25, 0.3) is 0 Å². The van der Waals surface area contributed by atoms with Crippen LogP contribution in [0.5, 0.6) is 0 Å². The first kappa shape index (κ1) is 14.3. The van der Waals surface area contributed by atoms with Crippen molar-refractivity contribution in [3.63, 3.8) is 0 Å². The summed E-state index contributed by atoms with van der Waals surface area (Å²) < 4.78 is 5.64. The standard InChI is InChI=1S/C13H20N4O4/c18-10(7-21-9-1-4-14-5-2-9)17-6-3-13(8-17)11(19)15-12(20)16-13/h9,14H,1-8H2,(H2,15,16,19,20). The minimum Gasteiger partial charge on any atom is -0.368 e. The highest BCUT2D eigenvalue weighted by molar-refractivity contribution is 6.07. The first-order valence-corrected chi connectivity index (χ1v) is 7.33. The van der Waals surface area contributed by atoms with Gasteiger partial charge in [0, 0.05) is 6.54 Å². The number of carbonyl (C=O) groups excluding carboxylic acids is 3. The Morgan fingerprint density at radius 3 is 2.76 bits per heavy atom. The van der Waals surface area contributed by atoms with Crippen LogP contribution >= 0.6 is 0 Å². The van der Waals surface area contributed by atoms with E-state index in [1.807, 2.05) is 0 Å². The van der Waals surface area contributed by atoms with Gasteiger partial charge in [-0.1, -0.05) is 0 Å². The van der Waals surface area contributed by atoms with Gasteiger partial charge in [0.25, 0.3) is 5.91 Å². The number of imide groups is 1. The summed E-state index contributed by atoms with van der Waals surface area (Å²) in [5, 5.41) is 8.09. The summed E-state index contributed by atoms with van der Waals surface area (Å²) in [5.41, 5.74) is -0.943. The van der Waals surface area contributed by atoms with E-state index in [-0.39, 0.29) is 31.1 Å². The number of piperidine rings is 1. The van der Waals surface area contributed by atoms with E-state index in [1.54, 1.807) is 4.90 Å². The number of nitrogens with one attached hydrogen (secondary N) is 3. The Morgan fingerprint density at radius 1 is 1.33 bits per heavy atom. The molecule has 4 amide bonds. The molecule has 0 radical (unpaired) electrons. The third-order valence-corrected chi connectivity index (χ3v) is 4.37. The Hall–Kier alpha value is -1.67. The van der Waals surface area contributed by atoms with Gasteiger partial charge in [0.15, 0.2) is 0 Å². The second-order valence-corrected chi connectivity index (χ2v) is 5.82. The molecule has 1 atom stereocenters. The van der Waals surface area contributed by atoms with Crippen LogP contribution < -0.4 is 16.0 Å². The number of rotatable bonds is 3. The zero-order valence-electron chi connectivity index (χ0n) is 11.8. The van der Waals surface area contributed by atoms with Crippen LogP contribution in [0.3, 0.4) is 0 Å². The monoisotopic (exact) mass is 296 g/mol. The molecule has 3 heterocycles. The van der Waals surface area contributed by atoms with Crippen molar-refractivity contribution in [1.82, 2.24) is 20.9 Å².